The third kappa shape index (κ3) is 4.21. The van der Waals surface area contributed by atoms with Crippen LogP contribution < -0.4 is 0 Å². The highest BCUT2D eigenvalue weighted by Gasteiger charge is 2.25. The highest BCUT2D eigenvalue weighted by molar-refractivity contribution is 6.30. The average Bonchev–Trinajstić information content (AvgIpc) is 2.58. The molecular formula is C20H22ClNO. The van der Waals surface area contributed by atoms with Gasteiger partial charge in [0.2, 0.25) is 0 Å². The Morgan fingerprint density at radius 1 is 1.04 bits per heavy atom. The predicted molar refractivity (Wildman–Crippen MR) is 95.0 cm³/mol. The van der Waals surface area contributed by atoms with Gasteiger partial charge in [0.1, 0.15) is 0 Å². The van der Waals surface area contributed by atoms with Crippen LogP contribution in [-0.4, -0.2) is 23.8 Å². The van der Waals surface area contributed by atoms with Crippen molar-refractivity contribution in [3.8, 4) is 0 Å². The Bertz CT molecular complexity index is 655. The summed E-state index contributed by atoms with van der Waals surface area (Å²) >= 11 is 5.89. The molecule has 120 valence electrons. The summed E-state index contributed by atoms with van der Waals surface area (Å²) in [5, 5.41) is 0.675. The second-order valence-corrected chi connectivity index (χ2v) is 6.84. The van der Waals surface area contributed by atoms with E-state index < -0.39 is 0 Å². The molecule has 1 aliphatic heterocycles. The minimum absolute atomic E-state index is 0.144. The smallest absolute Gasteiger partial charge is 0.166 e. The Morgan fingerprint density at radius 2 is 1.65 bits per heavy atom. The molecule has 0 atom stereocenters. The standard InChI is InChI=1S/C20H22ClNO/c1-15-2-4-16(5-3-15)14-22-12-10-18(11-13-22)20(23)17-6-8-19(21)9-7-17/h2-9,18H,10-14H2,1H3. The number of Topliss-reactive ketones (excluding diaryl/α,β-unsaturated/α-hetero) is 1. The molecule has 0 N–H and O–H groups in total. The van der Waals surface area contributed by atoms with Crippen LogP contribution in [0.25, 0.3) is 0 Å². The Kier molecular flexibility index (Phi) is 5.14. The van der Waals surface area contributed by atoms with Crippen LogP contribution in [0.1, 0.15) is 34.3 Å². The summed E-state index contributed by atoms with van der Waals surface area (Å²) in [6.45, 7) is 5.05. The summed E-state index contributed by atoms with van der Waals surface area (Å²) in [6.07, 6.45) is 1.88. The molecule has 3 heteroatoms. The van der Waals surface area contributed by atoms with E-state index in [9.17, 15) is 4.79 Å². The Balaban J connectivity index is 1.54. The van der Waals surface area contributed by atoms with Crippen molar-refractivity contribution >= 4 is 17.4 Å². The first kappa shape index (κ1) is 16.2. The van der Waals surface area contributed by atoms with Crippen molar-refractivity contribution in [2.24, 2.45) is 5.92 Å². The molecule has 0 aromatic heterocycles. The number of rotatable bonds is 4. The van der Waals surface area contributed by atoms with E-state index in [1.165, 1.54) is 11.1 Å². The number of hydrogen-bond acceptors (Lipinski definition) is 2. The molecule has 23 heavy (non-hydrogen) atoms. The molecule has 2 nitrogen and oxygen atoms in total. The second-order valence-electron chi connectivity index (χ2n) is 6.41. The number of likely N-dealkylation sites (tertiary alicyclic amines) is 1. The first-order valence-electron chi connectivity index (χ1n) is 8.19. The first-order chi connectivity index (χ1) is 11.1. The lowest BCUT2D eigenvalue weighted by Crippen LogP contribution is -2.35. The summed E-state index contributed by atoms with van der Waals surface area (Å²) in [4.78, 5) is 15.0. The summed E-state index contributed by atoms with van der Waals surface area (Å²) in [5.41, 5.74) is 3.42. The fourth-order valence-corrected chi connectivity index (χ4v) is 3.28. The third-order valence-corrected chi connectivity index (χ3v) is 4.87. The molecule has 1 saturated heterocycles. The van der Waals surface area contributed by atoms with E-state index in [0.29, 0.717) is 5.02 Å². The zero-order chi connectivity index (χ0) is 16.2. The van der Waals surface area contributed by atoms with Crippen LogP contribution in [0, 0.1) is 12.8 Å². The van der Waals surface area contributed by atoms with Crippen LogP contribution in [0.15, 0.2) is 48.5 Å². The van der Waals surface area contributed by atoms with Gasteiger partial charge in [0.25, 0.3) is 0 Å². The molecule has 0 unspecified atom stereocenters. The topological polar surface area (TPSA) is 20.3 Å². The van der Waals surface area contributed by atoms with E-state index in [1.807, 2.05) is 12.1 Å². The maximum Gasteiger partial charge on any atom is 0.166 e. The lowest BCUT2D eigenvalue weighted by molar-refractivity contribution is 0.0835. The molecule has 0 bridgehead atoms. The largest absolute Gasteiger partial charge is 0.299 e. The molecule has 0 aliphatic carbocycles. The molecule has 3 rings (SSSR count). The predicted octanol–water partition coefficient (Wildman–Crippen LogP) is 4.74. The number of halogens is 1. The van der Waals surface area contributed by atoms with Gasteiger partial charge in [-0.2, -0.15) is 0 Å². The zero-order valence-electron chi connectivity index (χ0n) is 13.5. The molecule has 2 aromatic rings. The highest BCUT2D eigenvalue weighted by atomic mass is 35.5. The van der Waals surface area contributed by atoms with Crippen LogP contribution in [0.4, 0.5) is 0 Å². The molecule has 1 fully saturated rings. The summed E-state index contributed by atoms with van der Waals surface area (Å²) < 4.78 is 0. The molecule has 1 aliphatic rings. The molecular weight excluding hydrogens is 306 g/mol. The van der Waals surface area contributed by atoms with Gasteiger partial charge in [0, 0.05) is 23.0 Å². The van der Waals surface area contributed by atoms with Crippen molar-refractivity contribution in [2.75, 3.05) is 13.1 Å². The van der Waals surface area contributed by atoms with Crippen molar-refractivity contribution in [2.45, 2.75) is 26.3 Å². The number of aryl methyl sites for hydroxylation is 1. The quantitative estimate of drug-likeness (QED) is 0.756. The van der Waals surface area contributed by atoms with Gasteiger partial charge in [-0.3, -0.25) is 9.69 Å². The lowest BCUT2D eigenvalue weighted by Gasteiger charge is -2.31. The zero-order valence-corrected chi connectivity index (χ0v) is 14.2. The lowest BCUT2D eigenvalue weighted by atomic mass is 9.89. The number of ketones is 1. The van der Waals surface area contributed by atoms with E-state index >= 15 is 0 Å². The maximum absolute atomic E-state index is 12.6. The van der Waals surface area contributed by atoms with Gasteiger partial charge in [-0.15, -0.1) is 0 Å². The van der Waals surface area contributed by atoms with Crippen molar-refractivity contribution in [1.82, 2.24) is 4.90 Å². The average molecular weight is 328 g/mol. The summed E-state index contributed by atoms with van der Waals surface area (Å²) in [6, 6.07) is 16.0. The van der Waals surface area contributed by atoms with E-state index in [1.54, 1.807) is 12.1 Å². The van der Waals surface area contributed by atoms with E-state index in [-0.39, 0.29) is 11.7 Å². The van der Waals surface area contributed by atoms with Crippen LogP contribution in [0.5, 0.6) is 0 Å². The second kappa shape index (κ2) is 7.29. The van der Waals surface area contributed by atoms with Gasteiger partial charge < -0.3 is 0 Å². The van der Waals surface area contributed by atoms with Gasteiger partial charge in [-0.05, 0) is 62.7 Å². The highest BCUT2D eigenvalue weighted by Crippen LogP contribution is 2.23. The third-order valence-electron chi connectivity index (χ3n) is 4.61. The Morgan fingerprint density at radius 3 is 2.26 bits per heavy atom. The molecule has 0 amide bonds. The van der Waals surface area contributed by atoms with Gasteiger partial charge in [-0.25, -0.2) is 0 Å². The van der Waals surface area contributed by atoms with Crippen LogP contribution >= 0.6 is 11.6 Å². The van der Waals surface area contributed by atoms with E-state index in [4.69, 9.17) is 11.6 Å². The Labute approximate surface area is 143 Å². The normalized spacial score (nSPS) is 16.4. The van der Waals surface area contributed by atoms with Crippen LogP contribution in [0.3, 0.4) is 0 Å². The molecule has 1 heterocycles. The van der Waals surface area contributed by atoms with Crippen molar-refractivity contribution in [1.29, 1.82) is 0 Å². The SMILES string of the molecule is Cc1ccc(CN2CCC(C(=O)c3ccc(Cl)cc3)CC2)cc1. The minimum atomic E-state index is 0.144. The van der Waals surface area contributed by atoms with Gasteiger partial charge >= 0.3 is 0 Å². The number of benzene rings is 2. The minimum Gasteiger partial charge on any atom is -0.299 e. The van der Waals surface area contributed by atoms with Crippen molar-refractivity contribution in [3.05, 3.63) is 70.2 Å². The summed E-state index contributed by atoms with van der Waals surface area (Å²) in [7, 11) is 0. The molecule has 0 radical (unpaired) electrons. The van der Waals surface area contributed by atoms with Gasteiger partial charge in [0.05, 0.1) is 0 Å². The Hall–Kier alpha value is -1.64. The summed E-state index contributed by atoms with van der Waals surface area (Å²) in [5.74, 6) is 0.405. The first-order valence-corrected chi connectivity index (χ1v) is 8.57. The number of nitrogens with zero attached hydrogens (tertiary/aromatic N) is 1. The molecule has 0 saturated carbocycles. The van der Waals surface area contributed by atoms with Crippen LogP contribution in [-0.2, 0) is 6.54 Å². The van der Waals surface area contributed by atoms with Crippen LogP contribution in [0.2, 0.25) is 5.02 Å². The number of carbonyl (C=O) groups is 1. The fraction of sp³-hybridized carbons (Fsp3) is 0.350. The van der Waals surface area contributed by atoms with Gasteiger partial charge in [0.15, 0.2) is 5.78 Å². The fourth-order valence-electron chi connectivity index (χ4n) is 3.15. The number of hydrogen-bond donors (Lipinski definition) is 0. The maximum atomic E-state index is 12.6. The van der Waals surface area contributed by atoms with E-state index in [0.717, 1.165) is 38.0 Å². The number of carbonyl (C=O) groups excluding carboxylic acids is 1. The van der Waals surface area contributed by atoms with E-state index in [2.05, 4.69) is 36.1 Å². The number of piperidine rings is 1. The van der Waals surface area contributed by atoms with Crippen molar-refractivity contribution in [3.63, 3.8) is 0 Å². The van der Waals surface area contributed by atoms with Crippen molar-refractivity contribution < 1.29 is 4.79 Å². The monoisotopic (exact) mass is 327 g/mol. The van der Waals surface area contributed by atoms with Gasteiger partial charge in [-0.1, -0.05) is 41.4 Å². The molecule has 2 aromatic carbocycles. The molecule has 0 spiro atoms.